The fourth-order valence-electron chi connectivity index (χ4n) is 2.94. The van der Waals surface area contributed by atoms with E-state index in [0.717, 1.165) is 37.3 Å². The molecule has 27 heavy (non-hydrogen) atoms. The fraction of sp³-hybridized carbons (Fsp3) is 0.667. The molecule has 6 heteroatoms. The first-order chi connectivity index (χ1) is 13.0. The first-order valence-electron chi connectivity index (χ1n) is 9.83. The molecule has 1 amide bonds. The third-order valence-corrected chi connectivity index (χ3v) is 4.52. The van der Waals surface area contributed by atoms with E-state index in [0.29, 0.717) is 19.8 Å². The number of ether oxygens (including phenoxy) is 3. The van der Waals surface area contributed by atoms with Crippen LogP contribution in [0.25, 0.3) is 0 Å². The molecular formula is C21H34N2O4. The molecule has 152 valence electrons. The Balaban J connectivity index is 1.81. The van der Waals surface area contributed by atoms with Crippen LogP contribution in [0.2, 0.25) is 0 Å². The molecule has 0 unspecified atom stereocenters. The zero-order valence-electron chi connectivity index (χ0n) is 17.1. The summed E-state index contributed by atoms with van der Waals surface area (Å²) in [6.45, 7) is 7.22. The van der Waals surface area contributed by atoms with E-state index in [9.17, 15) is 4.79 Å². The highest BCUT2D eigenvalue weighted by Gasteiger charge is 2.25. The molecule has 1 fully saturated rings. The van der Waals surface area contributed by atoms with Gasteiger partial charge in [-0.25, -0.2) is 0 Å². The van der Waals surface area contributed by atoms with Gasteiger partial charge in [-0.15, -0.1) is 0 Å². The van der Waals surface area contributed by atoms with Crippen LogP contribution in [0.3, 0.4) is 0 Å². The van der Waals surface area contributed by atoms with Crippen molar-refractivity contribution in [3.8, 4) is 5.75 Å². The van der Waals surface area contributed by atoms with Crippen molar-refractivity contribution in [1.82, 2.24) is 10.2 Å². The number of benzene rings is 1. The summed E-state index contributed by atoms with van der Waals surface area (Å²) in [4.78, 5) is 14.7. The standard InChI is InChI=1S/C21H34N2O4/c1-16(2)20(27-15-19-9-6-11-25-19)21(24)22-14-17-7-5-8-18(13-17)26-12-10-23(3)4/h5,7-8,13,16,19-20H,6,9-12,14-15H2,1-4H3,(H,22,24)/t19-,20-/m1/s1. The largest absolute Gasteiger partial charge is 0.492 e. The lowest BCUT2D eigenvalue weighted by atomic mass is 10.1. The van der Waals surface area contributed by atoms with Crippen molar-refractivity contribution in [2.45, 2.75) is 45.4 Å². The van der Waals surface area contributed by atoms with Gasteiger partial charge in [-0.05, 0) is 50.6 Å². The number of hydrogen-bond acceptors (Lipinski definition) is 5. The van der Waals surface area contributed by atoms with Crippen molar-refractivity contribution in [2.24, 2.45) is 5.92 Å². The fourth-order valence-corrected chi connectivity index (χ4v) is 2.94. The van der Waals surface area contributed by atoms with Crippen LogP contribution in [0.15, 0.2) is 24.3 Å². The molecular weight excluding hydrogens is 344 g/mol. The number of carbonyl (C=O) groups is 1. The van der Waals surface area contributed by atoms with Crippen molar-refractivity contribution >= 4 is 5.91 Å². The van der Waals surface area contributed by atoms with Crippen molar-refractivity contribution in [2.75, 3.05) is 40.5 Å². The summed E-state index contributed by atoms with van der Waals surface area (Å²) in [5.41, 5.74) is 1.01. The summed E-state index contributed by atoms with van der Waals surface area (Å²) >= 11 is 0. The number of nitrogens with one attached hydrogen (secondary N) is 1. The van der Waals surface area contributed by atoms with Gasteiger partial charge in [0.1, 0.15) is 18.5 Å². The molecule has 2 atom stereocenters. The smallest absolute Gasteiger partial charge is 0.249 e. The number of rotatable bonds is 11. The summed E-state index contributed by atoms with van der Waals surface area (Å²) in [6.07, 6.45) is 1.73. The quantitative estimate of drug-likeness (QED) is 0.641. The second kappa shape index (κ2) is 11.3. The van der Waals surface area contributed by atoms with Gasteiger partial charge in [-0.1, -0.05) is 26.0 Å². The molecule has 1 aromatic carbocycles. The van der Waals surface area contributed by atoms with Crippen molar-refractivity contribution < 1.29 is 19.0 Å². The molecule has 0 aliphatic carbocycles. The van der Waals surface area contributed by atoms with Crippen molar-refractivity contribution in [1.29, 1.82) is 0 Å². The van der Waals surface area contributed by atoms with Crippen LogP contribution in [0, 0.1) is 5.92 Å². The van der Waals surface area contributed by atoms with Gasteiger partial charge < -0.3 is 24.4 Å². The number of hydrogen-bond donors (Lipinski definition) is 1. The van der Waals surface area contributed by atoms with Crippen molar-refractivity contribution in [3.63, 3.8) is 0 Å². The van der Waals surface area contributed by atoms with E-state index in [2.05, 4.69) is 10.2 Å². The molecule has 1 N–H and O–H groups in total. The monoisotopic (exact) mass is 378 g/mol. The number of nitrogens with zero attached hydrogens (tertiary/aromatic N) is 1. The maximum absolute atomic E-state index is 12.6. The lowest BCUT2D eigenvalue weighted by Gasteiger charge is -2.22. The lowest BCUT2D eigenvalue weighted by Crippen LogP contribution is -2.40. The van der Waals surface area contributed by atoms with Crippen LogP contribution >= 0.6 is 0 Å². The first kappa shape index (κ1) is 21.7. The zero-order valence-corrected chi connectivity index (χ0v) is 17.1. The number of carbonyl (C=O) groups excluding carboxylic acids is 1. The summed E-state index contributed by atoms with van der Waals surface area (Å²) in [5, 5.41) is 2.99. The van der Waals surface area contributed by atoms with Crippen LogP contribution in [-0.2, 0) is 20.8 Å². The van der Waals surface area contributed by atoms with Gasteiger partial charge in [0.15, 0.2) is 0 Å². The molecule has 0 radical (unpaired) electrons. The van der Waals surface area contributed by atoms with Gasteiger partial charge in [-0.3, -0.25) is 4.79 Å². The molecule has 1 aliphatic rings. The van der Waals surface area contributed by atoms with Gasteiger partial charge in [0.05, 0.1) is 12.7 Å². The second-order valence-corrected chi connectivity index (χ2v) is 7.65. The molecule has 0 spiro atoms. The van der Waals surface area contributed by atoms with Crippen LogP contribution in [-0.4, -0.2) is 63.5 Å². The molecule has 1 aliphatic heterocycles. The van der Waals surface area contributed by atoms with Gasteiger partial charge in [-0.2, -0.15) is 0 Å². The van der Waals surface area contributed by atoms with E-state index in [-0.39, 0.29) is 17.9 Å². The lowest BCUT2D eigenvalue weighted by molar-refractivity contribution is -0.138. The molecule has 0 aromatic heterocycles. The Kier molecular flexibility index (Phi) is 9.04. The Bertz CT molecular complexity index is 571. The summed E-state index contributed by atoms with van der Waals surface area (Å²) in [6, 6.07) is 7.83. The Morgan fingerprint density at radius 2 is 2.19 bits per heavy atom. The Hall–Kier alpha value is -1.63. The van der Waals surface area contributed by atoms with Crippen LogP contribution in [0.5, 0.6) is 5.75 Å². The van der Waals surface area contributed by atoms with E-state index in [1.54, 1.807) is 0 Å². The SMILES string of the molecule is CC(C)[C@@H](OC[C@H]1CCCO1)C(=O)NCc1cccc(OCCN(C)C)c1. The van der Waals surface area contributed by atoms with E-state index >= 15 is 0 Å². The Morgan fingerprint density at radius 1 is 1.37 bits per heavy atom. The molecule has 0 saturated carbocycles. The maximum Gasteiger partial charge on any atom is 0.249 e. The number of likely N-dealkylation sites (N-methyl/N-ethyl adjacent to an activating group) is 1. The van der Waals surface area contributed by atoms with Crippen LogP contribution in [0.4, 0.5) is 0 Å². The van der Waals surface area contributed by atoms with Gasteiger partial charge >= 0.3 is 0 Å². The molecule has 1 heterocycles. The van der Waals surface area contributed by atoms with E-state index in [4.69, 9.17) is 14.2 Å². The first-order valence-corrected chi connectivity index (χ1v) is 9.83. The van der Waals surface area contributed by atoms with Crippen LogP contribution < -0.4 is 10.1 Å². The van der Waals surface area contributed by atoms with E-state index < -0.39 is 6.10 Å². The topological polar surface area (TPSA) is 60.0 Å². The summed E-state index contributed by atoms with van der Waals surface area (Å²) in [5.74, 6) is 0.840. The van der Waals surface area contributed by atoms with E-state index in [1.807, 2.05) is 52.2 Å². The van der Waals surface area contributed by atoms with Crippen molar-refractivity contribution in [3.05, 3.63) is 29.8 Å². The van der Waals surface area contributed by atoms with Crippen LogP contribution in [0.1, 0.15) is 32.3 Å². The average molecular weight is 379 g/mol. The minimum Gasteiger partial charge on any atom is -0.492 e. The van der Waals surface area contributed by atoms with Gasteiger partial charge in [0, 0.05) is 19.7 Å². The highest BCUT2D eigenvalue weighted by atomic mass is 16.5. The maximum atomic E-state index is 12.6. The average Bonchev–Trinajstić information content (AvgIpc) is 3.13. The highest BCUT2D eigenvalue weighted by Crippen LogP contribution is 2.16. The molecule has 0 bridgehead atoms. The van der Waals surface area contributed by atoms with E-state index in [1.165, 1.54) is 0 Å². The minimum atomic E-state index is -0.464. The van der Waals surface area contributed by atoms with Gasteiger partial charge in [0.2, 0.25) is 5.91 Å². The predicted molar refractivity (Wildman–Crippen MR) is 106 cm³/mol. The second-order valence-electron chi connectivity index (χ2n) is 7.65. The minimum absolute atomic E-state index is 0.0815. The molecule has 6 nitrogen and oxygen atoms in total. The third kappa shape index (κ3) is 7.87. The molecule has 2 rings (SSSR count). The number of amides is 1. The predicted octanol–water partition coefficient (Wildman–Crippen LogP) is 2.46. The normalized spacial score (nSPS) is 18.1. The third-order valence-electron chi connectivity index (χ3n) is 4.52. The summed E-state index contributed by atoms with van der Waals surface area (Å²) < 4.78 is 17.2. The van der Waals surface area contributed by atoms with Gasteiger partial charge in [0.25, 0.3) is 0 Å². The molecule has 1 saturated heterocycles. The Morgan fingerprint density at radius 3 is 2.85 bits per heavy atom. The highest BCUT2D eigenvalue weighted by molar-refractivity contribution is 5.81. The Labute approximate surface area is 163 Å². The zero-order chi connectivity index (χ0) is 19.6. The molecule has 1 aromatic rings. The summed E-state index contributed by atoms with van der Waals surface area (Å²) in [7, 11) is 4.03.